The maximum absolute atomic E-state index is 13.8. The number of halogens is 3. The van der Waals surface area contributed by atoms with Crippen LogP contribution in [0.5, 0.6) is 0 Å². The lowest BCUT2D eigenvalue weighted by molar-refractivity contribution is -0.167. The molecule has 0 radical (unpaired) electrons. The van der Waals surface area contributed by atoms with Gasteiger partial charge in [0.15, 0.2) is 5.17 Å². The minimum absolute atomic E-state index is 0.00289. The molecule has 0 unspecified atom stereocenters. The average molecular weight is 329 g/mol. The number of nitrogens with one attached hydrogen (secondary N) is 1. The average Bonchev–Trinajstić information content (AvgIpc) is 2.46. The van der Waals surface area contributed by atoms with Gasteiger partial charge in [0.1, 0.15) is 0 Å². The van der Waals surface area contributed by atoms with Crippen LogP contribution in [0.1, 0.15) is 17.5 Å². The first kappa shape index (κ1) is 15.2. The van der Waals surface area contributed by atoms with Crippen molar-refractivity contribution in [1.82, 2.24) is 10.2 Å². The third-order valence-corrected chi connectivity index (χ3v) is 5.06. The van der Waals surface area contributed by atoms with Gasteiger partial charge in [-0.3, -0.25) is 9.89 Å². The molecule has 0 bridgehead atoms. The van der Waals surface area contributed by atoms with Gasteiger partial charge in [0.2, 0.25) is 4.87 Å². The van der Waals surface area contributed by atoms with Gasteiger partial charge in [-0.05, 0) is 30.7 Å². The molecule has 2 aliphatic heterocycles. The number of carbonyl (C=O) groups excluding carboxylic acids is 1. The van der Waals surface area contributed by atoms with Gasteiger partial charge in [-0.2, -0.15) is 13.2 Å². The van der Waals surface area contributed by atoms with Crippen LogP contribution in [0.4, 0.5) is 18.0 Å². The van der Waals surface area contributed by atoms with E-state index in [0.717, 1.165) is 5.56 Å². The van der Waals surface area contributed by atoms with Gasteiger partial charge in [-0.15, -0.1) is 0 Å². The Morgan fingerprint density at radius 1 is 1.32 bits per heavy atom. The molecule has 2 aliphatic rings. The van der Waals surface area contributed by atoms with Crippen LogP contribution in [0.3, 0.4) is 0 Å². The number of aliphatic imine (C=N–C) groups is 1. The van der Waals surface area contributed by atoms with Crippen LogP contribution in [-0.2, 0) is 4.87 Å². The van der Waals surface area contributed by atoms with E-state index in [0.29, 0.717) is 31.3 Å². The molecule has 22 heavy (non-hydrogen) atoms. The van der Waals surface area contributed by atoms with Gasteiger partial charge >= 0.3 is 12.2 Å². The number of hydrogen-bond acceptors (Lipinski definition) is 3. The summed E-state index contributed by atoms with van der Waals surface area (Å²) in [5.74, 6) is 0. The minimum atomic E-state index is -4.64. The monoisotopic (exact) mass is 329 g/mol. The zero-order valence-electron chi connectivity index (χ0n) is 11.8. The summed E-state index contributed by atoms with van der Waals surface area (Å²) in [6.07, 6.45) is -3.99. The molecule has 2 amide bonds. The van der Waals surface area contributed by atoms with Crippen LogP contribution < -0.4 is 5.32 Å². The molecule has 1 fully saturated rings. The van der Waals surface area contributed by atoms with E-state index >= 15 is 0 Å². The standard InChI is InChI=1S/C14H14F3N3OS/c1-9-3-5-10(6-4-9)13(14(15,16)17)19-11(21)20-8-2-7-18-12(20)22-13/h3-6H,2,7-8H2,1H3,(H,19,21)/t13-/m0/s1. The number of nitrogens with zero attached hydrogens (tertiary/aromatic N) is 2. The SMILES string of the molecule is Cc1ccc([C@]2(C(F)(F)F)NC(=O)N3CCCN=C3S2)cc1. The summed E-state index contributed by atoms with van der Waals surface area (Å²) in [5, 5.41) is 2.28. The number of amidine groups is 1. The number of amides is 2. The second-order valence-electron chi connectivity index (χ2n) is 5.25. The Hall–Kier alpha value is -1.70. The summed E-state index contributed by atoms with van der Waals surface area (Å²) in [7, 11) is 0. The highest BCUT2D eigenvalue weighted by Gasteiger charge is 2.62. The Morgan fingerprint density at radius 2 is 2.00 bits per heavy atom. The maximum Gasteiger partial charge on any atom is 0.425 e. The molecular weight excluding hydrogens is 315 g/mol. The van der Waals surface area contributed by atoms with Crippen LogP contribution in [0.15, 0.2) is 29.3 Å². The van der Waals surface area contributed by atoms with Crippen molar-refractivity contribution >= 4 is 23.0 Å². The van der Waals surface area contributed by atoms with Crippen molar-refractivity contribution in [3.63, 3.8) is 0 Å². The fraction of sp³-hybridized carbons (Fsp3) is 0.429. The third-order valence-electron chi connectivity index (χ3n) is 3.65. The first-order valence-electron chi connectivity index (χ1n) is 6.80. The number of hydrogen-bond donors (Lipinski definition) is 1. The molecule has 0 saturated carbocycles. The lowest BCUT2D eigenvalue weighted by Crippen LogP contribution is -2.63. The van der Waals surface area contributed by atoms with Gasteiger partial charge in [-0.25, -0.2) is 4.79 Å². The second kappa shape index (κ2) is 5.19. The fourth-order valence-electron chi connectivity index (χ4n) is 2.45. The van der Waals surface area contributed by atoms with Crippen LogP contribution in [0.25, 0.3) is 0 Å². The summed E-state index contributed by atoms with van der Waals surface area (Å²) in [4.78, 5) is 15.0. The normalized spacial score (nSPS) is 25.4. The maximum atomic E-state index is 13.8. The van der Waals surface area contributed by atoms with Gasteiger partial charge in [0, 0.05) is 13.1 Å². The largest absolute Gasteiger partial charge is 0.425 e. The van der Waals surface area contributed by atoms with Gasteiger partial charge < -0.3 is 5.32 Å². The Labute approximate surface area is 129 Å². The zero-order chi connectivity index (χ0) is 16.0. The Kier molecular flexibility index (Phi) is 3.58. The molecule has 1 N–H and O–H groups in total. The molecule has 1 saturated heterocycles. The summed E-state index contributed by atoms with van der Waals surface area (Å²) in [6.45, 7) is 2.62. The molecule has 0 aliphatic carbocycles. The number of fused-ring (bicyclic) bond motifs is 1. The smallest absolute Gasteiger partial charge is 0.311 e. The van der Waals surface area contributed by atoms with Crippen LogP contribution in [0.2, 0.25) is 0 Å². The minimum Gasteiger partial charge on any atom is -0.311 e. The second-order valence-corrected chi connectivity index (χ2v) is 6.43. The van der Waals surface area contributed by atoms with E-state index in [1.807, 2.05) is 0 Å². The predicted octanol–water partition coefficient (Wildman–Crippen LogP) is 3.23. The van der Waals surface area contributed by atoms with Crippen molar-refractivity contribution in [2.75, 3.05) is 13.1 Å². The number of carbonyl (C=O) groups is 1. The van der Waals surface area contributed by atoms with Gasteiger partial charge in [0.05, 0.1) is 0 Å². The van der Waals surface area contributed by atoms with Gasteiger partial charge in [0.25, 0.3) is 0 Å². The molecule has 0 spiro atoms. The highest BCUT2D eigenvalue weighted by molar-refractivity contribution is 8.14. The van der Waals surface area contributed by atoms with Crippen LogP contribution in [-0.4, -0.2) is 35.4 Å². The van der Waals surface area contributed by atoms with Crippen molar-refractivity contribution in [2.45, 2.75) is 24.4 Å². The number of thioether (sulfide) groups is 1. The predicted molar refractivity (Wildman–Crippen MR) is 78.7 cm³/mol. The van der Waals surface area contributed by atoms with Gasteiger partial charge in [-0.1, -0.05) is 29.8 Å². The molecule has 3 rings (SSSR count). The van der Waals surface area contributed by atoms with Crippen LogP contribution >= 0.6 is 11.8 Å². The van der Waals surface area contributed by atoms with Crippen molar-refractivity contribution in [2.24, 2.45) is 4.99 Å². The van der Waals surface area contributed by atoms with E-state index in [-0.39, 0.29) is 10.7 Å². The summed E-state index contributed by atoms with van der Waals surface area (Å²) in [6, 6.07) is 5.24. The van der Waals surface area contributed by atoms with E-state index in [9.17, 15) is 18.0 Å². The van der Waals surface area contributed by atoms with Crippen molar-refractivity contribution in [3.8, 4) is 0 Å². The molecule has 4 nitrogen and oxygen atoms in total. The quantitative estimate of drug-likeness (QED) is 0.860. The first-order valence-corrected chi connectivity index (χ1v) is 7.62. The summed E-state index contributed by atoms with van der Waals surface area (Å²) >= 11 is 0.552. The highest BCUT2D eigenvalue weighted by Crippen LogP contribution is 2.50. The molecule has 1 atom stereocenters. The number of benzene rings is 1. The molecule has 1 aromatic rings. The molecule has 8 heteroatoms. The van der Waals surface area contributed by atoms with E-state index in [1.54, 1.807) is 19.1 Å². The van der Waals surface area contributed by atoms with E-state index < -0.39 is 17.1 Å². The Morgan fingerprint density at radius 3 is 2.64 bits per heavy atom. The van der Waals surface area contributed by atoms with Crippen LogP contribution in [0, 0.1) is 6.92 Å². The van der Waals surface area contributed by atoms with Crippen molar-refractivity contribution < 1.29 is 18.0 Å². The zero-order valence-corrected chi connectivity index (χ0v) is 12.6. The Balaban J connectivity index is 2.10. The Bertz CT molecular complexity index is 629. The number of alkyl halides is 3. The molecular formula is C14H14F3N3OS. The topological polar surface area (TPSA) is 44.7 Å². The molecule has 118 valence electrons. The van der Waals surface area contributed by atoms with E-state index in [1.165, 1.54) is 17.0 Å². The van der Waals surface area contributed by atoms with Crippen molar-refractivity contribution in [1.29, 1.82) is 0 Å². The lowest BCUT2D eigenvalue weighted by atomic mass is 10.0. The van der Waals surface area contributed by atoms with E-state index in [2.05, 4.69) is 10.3 Å². The summed E-state index contributed by atoms with van der Waals surface area (Å²) < 4.78 is 41.4. The summed E-state index contributed by atoms with van der Waals surface area (Å²) in [5.41, 5.74) is 0.849. The number of urea groups is 1. The lowest BCUT2D eigenvalue weighted by Gasteiger charge is -2.44. The van der Waals surface area contributed by atoms with Crippen molar-refractivity contribution in [3.05, 3.63) is 35.4 Å². The number of aryl methyl sites for hydroxylation is 1. The molecule has 1 aromatic carbocycles. The van der Waals surface area contributed by atoms with E-state index in [4.69, 9.17) is 0 Å². The highest BCUT2D eigenvalue weighted by atomic mass is 32.2. The first-order chi connectivity index (χ1) is 10.3. The fourth-order valence-corrected chi connectivity index (χ4v) is 3.67. The molecule has 0 aromatic heterocycles. The molecule has 2 heterocycles. The number of rotatable bonds is 1. The third kappa shape index (κ3) is 2.35.